The minimum atomic E-state index is -4.60. The fourth-order valence-electron chi connectivity index (χ4n) is 3.27. The van der Waals surface area contributed by atoms with E-state index in [4.69, 9.17) is 0 Å². The number of nitrogens with zero attached hydrogens (tertiary/aromatic N) is 5. The maximum atomic E-state index is 13.6. The van der Waals surface area contributed by atoms with E-state index in [2.05, 4.69) is 24.6 Å². The molecule has 0 spiro atoms. The Kier molecular flexibility index (Phi) is 5.68. The fraction of sp³-hybridized carbons (Fsp3) is 0.556. The van der Waals surface area contributed by atoms with Crippen molar-refractivity contribution in [2.75, 3.05) is 24.7 Å². The summed E-state index contributed by atoms with van der Waals surface area (Å²) in [6.45, 7) is 1.83. The number of anilines is 1. The van der Waals surface area contributed by atoms with Gasteiger partial charge in [-0.3, -0.25) is 4.31 Å². The smallest absolute Gasteiger partial charge is 0.351 e. The Morgan fingerprint density at radius 2 is 1.97 bits per heavy atom. The molecule has 6 nitrogen and oxygen atoms in total. The van der Waals surface area contributed by atoms with Crippen LogP contribution in [0, 0.1) is 11.3 Å². The molecule has 1 aliphatic carbocycles. The number of rotatable bonds is 5. The van der Waals surface area contributed by atoms with Gasteiger partial charge in [0.25, 0.3) is 0 Å². The van der Waals surface area contributed by atoms with Crippen molar-refractivity contribution >= 4 is 29.2 Å². The van der Waals surface area contributed by atoms with Crippen LogP contribution in [-0.4, -0.2) is 44.6 Å². The summed E-state index contributed by atoms with van der Waals surface area (Å²) in [5, 5.41) is 13.1. The van der Waals surface area contributed by atoms with Crippen molar-refractivity contribution < 1.29 is 13.2 Å². The van der Waals surface area contributed by atoms with E-state index < -0.39 is 11.9 Å². The normalized spacial score (nSPS) is 18.6. The number of alkyl halides is 3. The summed E-state index contributed by atoms with van der Waals surface area (Å²) in [5.74, 6) is 0.331. The zero-order valence-corrected chi connectivity index (χ0v) is 17.3. The van der Waals surface area contributed by atoms with E-state index in [1.165, 1.54) is 6.20 Å². The van der Waals surface area contributed by atoms with E-state index in [9.17, 15) is 18.4 Å². The molecular formula is C18H19F3N6S2. The van der Waals surface area contributed by atoms with Gasteiger partial charge in [0, 0.05) is 25.0 Å². The fourth-order valence-corrected chi connectivity index (χ4v) is 5.10. The summed E-state index contributed by atoms with van der Waals surface area (Å²) in [6.07, 6.45) is 2.20. The number of hydrogen-bond donors (Lipinski definition) is 1. The van der Waals surface area contributed by atoms with Gasteiger partial charge in [-0.25, -0.2) is 15.0 Å². The molecule has 3 heterocycles. The van der Waals surface area contributed by atoms with Crippen molar-refractivity contribution in [1.82, 2.24) is 19.3 Å². The monoisotopic (exact) mass is 440 g/mol. The molecule has 1 saturated carbocycles. The van der Waals surface area contributed by atoms with E-state index in [0.29, 0.717) is 5.01 Å². The summed E-state index contributed by atoms with van der Waals surface area (Å²) in [4.78, 5) is 12.2. The molecule has 0 bridgehead atoms. The number of nitrogens with one attached hydrogen (secondary N) is 1. The number of nitriles is 1. The molecule has 1 N–H and O–H groups in total. The second-order valence-electron chi connectivity index (χ2n) is 7.10. The lowest BCUT2D eigenvalue weighted by atomic mass is 10.1. The molecule has 0 atom stereocenters. The van der Waals surface area contributed by atoms with E-state index in [-0.39, 0.29) is 34.0 Å². The summed E-state index contributed by atoms with van der Waals surface area (Å²) >= 11 is 2.69. The number of piperidine rings is 1. The van der Waals surface area contributed by atoms with Crippen LogP contribution in [0.15, 0.2) is 6.20 Å². The van der Waals surface area contributed by atoms with E-state index in [1.54, 1.807) is 11.9 Å². The van der Waals surface area contributed by atoms with Gasteiger partial charge < -0.3 is 5.32 Å². The van der Waals surface area contributed by atoms with Gasteiger partial charge in [0.15, 0.2) is 5.69 Å². The average molecular weight is 441 g/mol. The van der Waals surface area contributed by atoms with Crippen molar-refractivity contribution in [2.45, 2.75) is 43.8 Å². The topological polar surface area (TPSA) is 77.7 Å². The molecule has 0 unspecified atom stereocenters. The van der Waals surface area contributed by atoms with E-state index >= 15 is 0 Å². The lowest BCUT2D eigenvalue weighted by Gasteiger charge is -2.30. The molecule has 2 aromatic heterocycles. The summed E-state index contributed by atoms with van der Waals surface area (Å²) in [7, 11) is 0. The molecule has 2 aromatic rings. The van der Waals surface area contributed by atoms with Gasteiger partial charge >= 0.3 is 6.18 Å². The molecule has 29 heavy (non-hydrogen) atoms. The van der Waals surface area contributed by atoms with Gasteiger partial charge in [-0.2, -0.15) is 18.4 Å². The average Bonchev–Trinajstić information content (AvgIpc) is 3.45. The van der Waals surface area contributed by atoms with Crippen molar-refractivity contribution in [2.24, 2.45) is 0 Å². The highest BCUT2D eigenvalue weighted by molar-refractivity contribution is 7.96. The molecule has 0 aromatic carbocycles. The first-order valence-electron chi connectivity index (χ1n) is 9.30. The second kappa shape index (κ2) is 8.08. The third-order valence-electron chi connectivity index (χ3n) is 5.01. The van der Waals surface area contributed by atoms with Gasteiger partial charge in [0.05, 0.1) is 21.6 Å². The Hall–Kier alpha value is -1.90. The van der Waals surface area contributed by atoms with Crippen LogP contribution in [0.5, 0.6) is 0 Å². The van der Waals surface area contributed by atoms with Crippen molar-refractivity contribution in [1.29, 1.82) is 5.26 Å². The quantitative estimate of drug-likeness (QED) is 0.685. The number of halogens is 3. The predicted molar refractivity (Wildman–Crippen MR) is 107 cm³/mol. The first-order chi connectivity index (χ1) is 13.9. The van der Waals surface area contributed by atoms with Crippen molar-refractivity contribution in [3.8, 4) is 16.6 Å². The highest BCUT2D eigenvalue weighted by atomic mass is 32.2. The molecule has 11 heteroatoms. The molecule has 4 rings (SSSR count). The van der Waals surface area contributed by atoms with Crippen LogP contribution < -0.4 is 5.32 Å². The van der Waals surface area contributed by atoms with Gasteiger partial charge in [-0.05, 0) is 31.9 Å². The van der Waals surface area contributed by atoms with Crippen LogP contribution in [0.3, 0.4) is 0 Å². The van der Waals surface area contributed by atoms with Crippen LogP contribution in [0.1, 0.15) is 47.9 Å². The van der Waals surface area contributed by atoms with Gasteiger partial charge in [0.2, 0.25) is 5.95 Å². The highest BCUT2D eigenvalue weighted by Gasteiger charge is 2.41. The largest absolute Gasteiger partial charge is 0.434 e. The molecule has 0 radical (unpaired) electrons. The van der Waals surface area contributed by atoms with Gasteiger partial charge in [-0.15, -0.1) is 11.3 Å². The first-order valence-corrected chi connectivity index (χ1v) is 11.3. The van der Waals surface area contributed by atoms with Crippen LogP contribution in [0.2, 0.25) is 0 Å². The van der Waals surface area contributed by atoms with E-state index in [1.807, 2.05) is 12.3 Å². The SMILES string of the molecule is CSN1CCC(Nc2ncc(C#N)c(-c3sc(C4CC4)nc3C(F)(F)F)n2)CC1. The zero-order chi connectivity index (χ0) is 20.6. The van der Waals surface area contributed by atoms with Gasteiger partial charge in [-0.1, -0.05) is 11.9 Å². The Morgan fingerprint density at radius 3 is 2.55 bits per heavy atom. The zero-order valence-electron chi connectivity index (χ0n) is 15.7. The lowest BCUT2D eigenvalue weighted by Crippen LogP contribution is -2.35. The Morgan fingerprint density at radius 1 is 1.24 bits per heavy atom. The molecule has 1 aliphatic heterocycles. The Bertz CT molecular complexity index is 927. The standard InChI is InChI=1S/C18H19F3N6S2/c1-28-27-6-4-12(5-7-27)24-17-23-9-11(8-22)13(25-17)14-15(18(19,20)21)26-16(29-14)10-2-3-10/h9-10,12H,2-7H2,1H3,(H,23,24,25). The summed E-state index contributed by atoms with van der Waals surface area (Å²) in [5.41, 5.74) is -0.939. The maximum absolute atomic E-state index is 13.6. The summed E-state index contributed by atoms with van der Waals surface area (Å²) in [6, 6.07) is 2.06. The molecule has 2 aliphatic rings. The van der Waals surface area contributed by atoms with Crippen LogP contribution in [-0.2, 0) is 6.18 Å². The minimum Gasteiger partial charge on any atom is -0.351 e. The third kappa shape index (κ3) is 4.49. The Balaban J connectivity index is 1.65. The summed E-state index contributed by atoms with van der Waals surface area (Å²) < 4.78 is 43.1. The van der Waals surface area contributed by atoms with Crippen molar-refractivity contribution in [3.05, 3.63) is 22.5 Å². The Labute approximate surface area is 174 Å². The maximum Gasteiger partial charge on any atom is 0.434 e. The number of aromatic nitrogens is 3. The number of thiazole rings is 1. The first kappa shape index (κ1) is 20.4. The highest BCUT2D eigenvalue weighted by Crippen LogP contribution is 2.48. The lowest BCUT2D eigenvalue weighted by molar-refractivity contribution is -0.140. The molecule has 1 saturated heterocycles. The molecular weight excluding hydrogens is 421 g/mol. The van der Waals surface area contributed by atoms with Crippen LogP contribution in [0.4, 0.5) is 19.1 Å². The number of hydrogen-bond acceptors (Lipinski definition) is 8. The van der Waals surface area contributed by atoms with Crippen molar-refractivity contribution in [3.63, 3.8) is 0 Å². The molecule has 0 amide bonds. The van der Waals surface area contributed by atoms with E-state index in [0.717, 1.165) is 50.1 Å². The predicted octanol–water partition coefficient (Wildman–Crippen LogP) is 4.52. The second-order valence-corrected chi connectivity index (χ2v) is 9.01. The molecule has 154 valence electrons. The van der Waals surface area contributed by atoms with Crippen LogP contribution >= 0.6 is 23.3 Å². The molecule has 2 fully saturated rings. The van der Waals surface area contributed by atoms with Crippen LogP contribution in [0.25, 0.3) is 10.6 Å². The minimum absolute atomic E-state index is 0.00303. The third-order valence-corrected chi connectivity index (χ3v) is 7.11. The van der Waals surface area contributed by atoms with Gasteiger partial charge in [0.1, 0.15) is 11.8 Å².